The molecule has 106 valence electrons. The molecule has 0 unspecified atom stereocenters. The van der Waals surface area contributed by atoms with E-state index in [-0.39, 0.29) is 12.7 Å². The Balaban J connectivity index is 1.63. The number of benzene rings is 2. The van der Waals surface area contributed by atoms with Gasteiger partial charge in [0.25, 0.3) is 5.91 Å². The van der Waals surface area contributed by atoms with E-state index in [1.54, 1.807) is 18.2 Å². The zero-order valence-corrected chi connectivity index (χ0v) is 11.3. The van der Waals surface area contributed by atoms with E-state index in [1.165, 1.54) is 0 Å². The highest BCUT2D eigenvalue weighted by Gasteiger charge is 2.16. The number of hydrazine groups is 1. The number of ether oxygens (including phenoxy) is 2. The maximum atomic E-state index is 12.1. The quantitative estimate of drug-likeness (QED) is 0.845. The molecule has 0 aliphatic carbocycles. The van der Waals surface area contributed by atoms with Crippen molar-refractivity contribution in [2.45, 2.75) is 0 Å². The first-order valence-electron chi connectivity index (χ1n) is 6.44. The molecule has 1 amide bonds. The van der Waals surface area contributed by atoms with Crippen LogP contribution in [0.25, 0.3) is 5.70 Å². The Hall–Kier alpha value is -2.95. The minimum atomic E-state index is -0.273. The van der Waals surface area contributed by atoms with Gasteiger partial charge < -0.3 is 9.47 Å². The van der Waals surface area contributed by atoms with E-state index in [0.717, 1.165) is 5.56 Å². The molecule has 0 fully saturated rings. The first kappa shape index (κ1) is 13.1. The van der Waals surface area contributed by atoms with Crippen molar-refractivity contribution in [2.24, 2.45) is 0 Å². The smallest absolute Gasteiger partial charge is 0.269 e. The first-order chi connectivity index (χ1) is 10.2. The van der Waals surface area contributed by atoms with Crippen molar-refractivity contribution >= 4 is 11.6 Å². The van der Waals surface area contributed by atoms with Crippen LogP contribution in [0, 0.1) is 0 Å². The van der Waals surface area contributed by atoms with Gasteiger partial charge in [-0.2, -0.15) is 0 Å². The van der Waals surface area contributed by atoms with Crippen LogP contribution in [0.4, 0.5) is 0 Å². The average Bonchev–Trinajstić information content (AvgIpc) is 3.00. The molecule has 1 heterocycles. The van der Waals surface area contributed by atoms with Gasteiger partial charge in [-0.05, 0) is 23.8 Å². The monoisotopic (exact) mass is 282 g/mol. The summed E-state index contributed by atoms with van der Waals surface area (Å²) in [6, 6.07) is 14.6. The molecule has 1 aliphatic rings. The number of amides is 1. The molecule has 0 aromatic heterocycles. The van der Waals surface area contributed by atoms with E-state index in [2.05, 4.69) is 17.4 Å². The molecule has 0 bridgehead atoms. The second kappa shape index (κ2) is 5.58. The lowest BCUT2D eigenvalue weighted by molar-refractivity contribution is 0.0942. The standard InChI is InChI=1S/C16H14N2O3/c1-11(12-5-3-2-4-6-12)17-18-16(19)13-7-8-14-15(9-13)21-10-20-14/h2-9,17H,1,10H2,(H,18,19). The van der Waals surface area contributed by atoms with E-state index in [4.69, 9.17) is 9.47 Å². The third-order valence-corrected chi connectivity index (χ3v) is 3.08. The van der Waals surface area contributed by atoms with Gasteiger partial charge >= 0.3 is 0 Å². The number of carbonyl (C=O) groups excluding carboxylic acids is 1. The van der Waals surface area contributed by atoms with Gasteiger partial charge in [-0.25, -0.2) is 0 Å². The number of carbonyl (C=O) groups is 1. The van der Waals surface area contributed by atoms with E-state index >= 15 is 0 Å². The molecule has 0 radical (unpaired) electrons. The lowest BCUT2D eigenvalue weighted by Crippen LogP contribution is -2.35. The molecular formula is C16H14N2O3. The van der Waals surface area contributed by atoms with Gasteiger partial charge in [0.1, 0.15) is 0 Å². The van der Waals surface area contributed by atoms with Crippen molar-refractivity contribution < 1.29 is 14.3 Å². The summed E-state index contributed by atoms with van der Waals surface area (Å²) in [5.41, 5.74) is 7.40. The maximum absolute atomic E-state index is 12.1. The minimum Gasteiger partial charge on any atom is -0.454 e. The molecule has 5 nitrogen and oxygen atoms in total. The SMILES string of the molecule is C=C(NNC(=O)c1ccc2c(c1)OCO2)c1ccccc1. The number of hydrogen-bond donors (Lipinski definition) is 2. The summed E-state index contributed by atoms with van der Waals surface area (Å²) >= 11 is 0. The molecule has 21 heavy (non-hydrogen) atoms. The van der Waals surface area contributed by atoms with E-state index < -0.39 is 0 Å². The highest BCUT2D eigenvalue weighted by Crippen LogP contribution is 2.32. The van der Waals surface area contributed by atoms with Gasteiger partial charge in [0.2, 0.25) is 6.79 Å². The molecule has 2 aromatic rings. The lowest BCUT2D eigenvalue weighted by Gasteiger charge is -2.11. The van der Waals surface area contributed by atoms with Crippen LogP contribution in [0.1, 0.15) is 15.9 Å². The van der Waals surface area contributed by atoms with E-state index in [9.17, 15) is 4.79 Å². The van der Waals surface area contributed by atoms with E-state index in [1.807, 2.05) is 30.3 Å². The fourth-order valence-corrected chi connectivity index (χ4v) is 1.95. The van der Waals surface area contributed by atoms with Crippen LogP contribution < -0.4 is 20.3 Å². The van der Waals surface area contributed by atoms with Gasteiger partial charge in [0, 0.05) is 5.56 Å². The highest BCUT2D eigenvalue weighted by atomic mass is 16.7. The Morgan fingerprint density at radius 3 is 2.52 bits per heavy atom. The van der Waals surface area contributed by atoms with Crippen molar-refractivity contribution in [1.29, 1.82) is 0 Å². The Morgan fingerprint density at radius 1 is 0.952 bits per heavy atom. The Morgan fingerprint density at radius 2 is 1.71 bits per heavy atom. The van der Waals surface area contributed by atoms with Gasteiger partial charge in [-0.1, -0.05) is 36.9 Å². The molecule has 0 saturated carbocycles. The Kier molecular flexibility index (Phi) is 3.47. The molecule has 2 aromatic carbocycles. The fourth-order valence-electron chi connectivity index (χ4n) is 1.95. The molecule has 2 N–H and O–H groups in total. The maximum Gasteiger partial charge on any atom is 0.269 e. The molecule has 5 heteroatoms. The van der Waals surface area contributed by atoms with Crippen LogP contribution in [0.2, 0.25) is 0 Å². The van der Waals surface area contributed by atoms with Crippen LogP contribution in [-0.2, 0) is 0 Å². The highest BCUT2D eigenvalue weighted by molar-refractivity contribution is 5.95. The number of nitrogens with one attached hydrogen (secondary N) is 2. The second-order valence-electron chi connectivity index (χ2n) is 4.49. The summed E-state index contributed by atoms with van der Waals surface area (Å²) in [5.74, 6) is 0.947. The third-order valence-electron chi connectivity index (χ3n) is 3.08. The van der Waals surface area contributed by atoms with Crippen LogP contribution in [0.5, 0.6) is 11.5 Å². The number of hydrogen-bond acceptors (Lipinski definition) is 4. The summed E-state index contributed by atoms with van der Waals surface area (Å²) in [5, 5.41) is 0. The number of rotatable bonds is 4. The molecule has 0 atom stereocenters. The largest absolute Gasteiger partial charge is 0.454 e. The first-order valence-corrected chi connectivity index (χ1v) is 6.44. The summed E-state index contributed by atoms with van der Waals surface area (Å²) < 4.78 is 10.4. The molecular weight excluding hydrogens is 268 g/mol. The molecule has 1 aliphatic heterocycles. The van der Waals surface area contributed by atoms with Gasteiger partial charge in [-0.15, -0.1) is 0 Å². The molecule has 0 spiro atoms. The average molecular weight is 282 g/mol. The predicted molar refractivity (Wildman–Crippen MR) is 78.6 cm³/mol. The summed E-state index contributed by atoms with van der Waals surface area (Å²) in [6.07, 6.45) is 0. The second-order valence-corrected chi connectivity index (χ2v) is 4.49. The zero-order valence-electron chi connectivity index (χ0n) is 11.3. The minimum absolute atomic E-state index is 0.184. The number of fused-ring (bicyclic) bond motifs is 1. The zero-order chi connectivity index (χ0) is 14.7. The van der Waals surface area contributed by atoms with Crippen LogP contribution in [0.3, 0.4) is 0 Å². The molecule has 0 saturated heterocycles. The van der Waals surface area contributed by atoms with Gasteiger partial charge in [-0.3, -0.25) is 15.6 Å². The van der Waals surface area contributed by atoms with E-state index in [0.29, 0.717) is 22.8 Å². The lowest BCUT2D eigenvalue weighted by atomic mass is 10.2. The van der Waals surface area contributed by atoms with Gasteiger partial charge in [0.15, 0.2) is 11.5 Å². The van der Waals surface area contributed by atoms with Gasteiger partial charge in [0.05, 0.1) is 5.70 Å². The summed E-state index contributed by atoms with van der Waals surface area (Å²) in [6.45, 7) is 4.06. The summed E-state index contributed by atoms with van der Waals surface area (Å²) in [4.78, 5) is 12.1. The third kappa shape index (κ3) is 2.81. The van der Waals surface area contributed by atoms with Crippen LogP contribution in [-0.4, -0.2) is 12.7 Å². The van der Waals surface area contributed by atoms with Crippen LogP contribution in [0.15, 0.2) is 55.1 Å². The summed E-state index contributed by atoms with van der Waals surface area (Å²) in [7, 11) is 0. The fraction of sp³-hybridized carbons (Fsp3) is 0.0625. The van der Waals surface area contributed by atoms with Crippen molar-refractivity contribution in [3.8, 4) is 11.5 Å². The van der Waals surface area contributed by atoms with Crippen molar-refractivity contribution in [3.05, 3.63) is 66.2 Å². The molecule has 3 rings (SSSR count). The van der Waals surface area contributed by atoms with Crippen molar-refractivity contribution in [2.75, 3.05) is 6.79 Å². The van der Waals surface area contributed by atoms with Crippen LogP contribution >= 0.6 is 0 Å². The topological polar surface area (TPSA) is 59.6 Å². The Labute approximate surface area is 122 Å². The van der Waals surface area contributed by atoms with Crippen molar-refractivity contribution in [1.82, 2.24) is 10.9 Å². The predicted octanol–water partition coefficient (Wildman–Crippen LogP) is 2.32. The van der Waals surface area contributed by atoms with Crippen molar-refractivity contribution in [3.63, 3.8) is 0 Å². The Bertz CT molecular complexity index is 683. The normalized spacial score (nSPS) is 11.8.